The van der Waals surface area contributed by atoms with Crippen molar-refractivity contribution in [2.24, 2.45) is 0 Å². The van der Waals surface area contributed by atoms with E-state index in [1.54, 1.807) is 18.2 Å². The van der Waals surface area contributed by atoms with E-state index in [2.05, 4.69) is 10.3 Å². The highest BCUT2D eigenvalue weighted by atomic mass is 35.5. The van der Waals surface area contributed by atoms with Crippen LogP contribution in [0.3, 0.4) is 0 Å². The summed E-state index contributed by atoms with van der Waals surface area (Å²) in [4.78, 5) is 4.32. The van der Waals surface area contributed by atoms with E-state index in [4.69, 9.17) is 21.6 Å². The lowest BCUT2D eigenvalue weighted by atomic mass is 10.0. The summed E-state index contributed by atoms with van der Waals surface area (Å²) in [7, 11) is -2.38. The number of nitrogens with zero attached hydrogens (tertiary/aromatic N) is 3. The van der Waals surface area contributed by atoms with E-state index >= 15 is 0 Å². The van der Waals surface area contributed by atoms with Gasteiger partial charge in [-0.2, -0.15) is 5.26 Å². The second kappa shape index (κ2) is 6.53. The van der Waals surface area contributed by atoms with Crippen molar-refractivity contribution in [3.05, 3.63) is 59.0 Å². The lowest BCUT2D eigenvalue weighted by Gasteiger charge is -2.27. The fourth-order valence-electron chi connectivity index (χ4n) is 3.39. The van der Waals surface area contributed by atoms with Gasteiger partial charge in [-0.15, -0.1) is 0 Å². The Bertz CT molecular complexity index is 1110. The van der Waals surface area contributed by atoms with E-state index in [-0.39, 0.29) is 11.4 Å². The first-order valence-corrected chi connectivity index (χ1v) is 9.98. The summed E-state index contributed by atoms with van der Waals surface area (Å²) >= 11 is 6.34. The molecule has 7 nitrogen and oxygen atoms in total. The van der Waals surface area contributed by atoms with Crippen LogP contribution in [0, 0.1) is 11.3 Å². The molecule has 9 heteroatoms. The van der Waals surface area contributed by atoms with Crippen LogP contribution in [0.5, 0.6) is 0 Å². The van der Waals surface area contributed by atoms with Gasteiger partial charge in [-0.1, -0.05) is 23.7 Å². The lowest BCUT2D eigenvalue weighted by Crippen LogP contribution is -2.31. The molecule has 0 aliphatic carbocycles. The first-order valence-electron chi connectivity index (χ1n) is 8.17. The van der Waals surface area contributed by atoms with E-state index in [1.165, 1.54) is 29.9 Å². The molecule has 0 bridgehead atoms. The van der Waals surface area contributed by atoms with Crippen molar-refractivity contribution >= 4 is 32.3 Å². The number of anilines is 1. The molecule has 0 fully saturated rings. The summed E-state index contributed by atoms with van der Waals surface area (Å²) in [5.41, 5.74) is 2.47. The maximum atomic E-state index is 13.5. The first-order chi connectivity index (χ1) is 13.0. The van der Waals surface area contributed by atoms with Crippen LogP contribution >= 0.6 is 11.6 Å². The molecule has 1 atom stereocenters. The third kappa shape index (κ3) is 2.75. The van der Waals surface area contributed by atoms with E-state index in [1.807, 2.05) is 6.07 Å². The van der Waals surface area contributed by atoms with Crippen LogP contribution < -0.4 is 9.62 Å². The smallest absolute Gasteiger partial charge is 0.265 e. The summed E-state index contributed by atoms with van der Waals surface area (Å²) < 4.78 is 33.6. The molecule has 1 aromatic heterocycles. The predicted molar refractivity (Wildman–Crippen MR) is 100 cm³/mol. The molecular weight excluding hydrogens is 388 g/mol. The largest absolute Gasteiger partial charge is 0.361 e. The zero-order chi connectivity index (χ0) is 19.2. The molecule has 0 amide bonds. The summed E-state index contributed by atoms with van der Waals surface area (Å²) in [6.45, 7) is 0.260. The third-order valence-electron chi connectivity index (χ3n) is 4.64. The number of rotatable bonds is 3. The van der Waals surface area contributed by atoms with Gasteiger partial charge in [0.2, 0.25) is 0 Å². The Morgan fingerprint density at radius 2 is 2.26 bits per heavy atom. The number of halogens is 1. The highest BCUT2D eigenvalue weighted by Crippen LogP contribution is 2.39. The number of hydrogen-bond acceptors (Lipinski definition) is 6. The molecule has 0 radical (unpaired) electrons. The van der Waals surface area contributed by atoms with Crippen LogP contribution in [0.2, 0.25) is 0 Å². The zero-order valence-electron chi connectivity index (χ0n) is 14.3. The van der Waals surface area contributed by atoms with E-state index in [0.717, 1.165) is 0 Å². The number of hydrogen-bond donors (Lipinski definition) is 1. The minimum atomic E-state index is -3.91. The van der Waals surface area contributed by atoms with Gasteiger partial charge in [0.05, 0.1) is 26.9 Å². The van der Waals surface area contributed by atoms with E-state index < -0.39 is 16.3 Å². The summed E-state index contributed by atoms with van der Waals surface area (Å²) in [5.74, 6) is 0. The normalized spacial score (nSPS) is 18.2. The van der Waals surface area contributed by atoms with Crippen LogP contribution in [0.4, 0.5) is 5.69 Å². The molecule has 1 unspecified atom stereocenters. The van der Waals surface area contributed by atoms with Crippen molar-refractivity contribution in [2.75, 3.05) is 18.0 Å². The Morgan fingerprint density at radius 3 is 3.00 bits per heavy atom. The third-order valence-corrected chi connectivity index (χ3v) is 6.80. The van der Waals surface area contributed by atoms with Crippen LogP contribution in [0.25, 0.3) is 5.03 Å². The Balaban J connectivity index is 1.87. The van der Waals surface area contributed by atoms with Crippen LogP contribution in [0.1, 0.15) is 28.6 Å². The van der Waals surface area contributed by atoms with Gasteiger partial charge >= 0.3 is 0 Å². The SMILES string of the molecule is COC1NC=C(Cl)c2c1cccc2S(=O)(=O)N1CCc2ncc(C#N)cc21. The Hall–Kier alpha value is -2.60. The topological polar surface area (TPSA) is 95.3 Å². The molecule has 1 aromatic carbocycles. The van der Waals surface area contributed by atoms with Gasteiger partial charge in [0, 0.05) is 43.6 Å². The molecule has 1 N–H and O–H groups in total. The van der Waals surface area contributed by atoms with Crippen molar-refractivity contribution in [3.8, 4) is 6.07 Å². The number of aromatic nitrogens is 1. The Kier molecular flexibility index (Phi) is 4.30. The quantitative estimate of drug-likeness (QED) is 0.847. The molecule has 2 aromatic rings. The summed E-state index contributed by atoms with van der Waals surface area (Å²) in [6.07, 6.45) is 2.98. The molecule has 4 rings (SSSR count). The number of fused-ring (bicyclic) bond motifs is 2. The minimum Gasteiger partial charge on any atom is -0.361 e. The highest BCUT2D eigenvalue weighted by Gasteiger charge is 2.36. The highest BCUT2D eigenvalue weighted by molar-refractivity contribution is 7.93. The number of sulfonamides is 1. The van der Waals surface area contributed by atoms with Gasteiger partial charge < -0.3 is 10.1 Å². The molecule has 138 valence electrons. The second-order valence-corrected chi connectivity index (χ2v) is 8.36. The number of nitriles is 1. The molecule has 27 heavy (non-hydrogen) atoms. The van der Waals surface area contributed by atoms with Crippen molar-refractivity contribution in [1.82, 2.24) is 10.3 Å². The lowest BCUT2D eigenvalue weighted by molar-refractivity contribution is 0.0845. The Labute approximate surface area is 161 Å². The van der Waals surface area contributed by atoms with Crippen LogP contribution in [-0.2, 0) is 21.2 Å². The average Bonchev–Trinajstić information content (AvgIpc) is 3.11. The Morgan fingerprint density at radius 1 is 1.44 bits per heavy atom. The fourth-order valence-corrected chi connectivity index (χ4v) is 5.44. The number of pyridine rings is 1. The van der Waals surface area contributed by atoms with Crippen molar-refractivity contribution in [3.63, 3.8) is 0 Å². The molecule has 2 aliphatic rings. The number of methoxy groups -OCH3 is 1. The second-order valence-electron chi connectivity index (χ2n) is 6.12. The van der Waals surface area contributed by atoms with E-state index in [9.17, 15) is 8.42 Å². The van der Waals surface area contributed by atoms with Gasteiger partial charge in [0.15, 0.2) is 6.23 Å². The van der Waals surface area contributed by atoms with E-state index in [0.29, 0.717) is 39.5 Å². The summed E-state index contributed by atoms with van der Waals surface area (Å²) in [6, 6.07) is 8.52. The number of benzene rings is 1. The molecule has 0 spiro atoms. The van der Waals surface area contributed by atoms with Gasteiger partial charge in [0.1, 0.15) is 6.07 Å². The van der Waals surface area contributed by atoms with Gasteiger partial charge in [-0.3, -0.25) is 9.29 Å². The predicted octanol–water partition coefficient (Wildman–Crippen LogP) is 2.49. The monoisotopic (exact) mass is 402 g/mol. The van der Waals surface area contributed by atoms with Crippen molar-refractivity contribution < 1.29 is 13.2 Å². The molecule has 0 saturated heterocycles. The average molecular weight is 403 g/mol. The number of nitrogens with one attached hydrogen (secondary N) is 1. The van der Waals surface area contributed by atoms with Gasteiger partial charge in [-0.05, 0) is 12.1 Å². The number of ether oxygens (including phenoxy) is 1. The first kappa shape index (κ1) is 17.8. The summed E-state index contributed by atoms with van der Waals surface area (Å²) in [5, 5.41) is 12.4. The maximum Gasteiger partial charge on any atom is 0.265 e. The van der Waals surface area contributed by atoms with Crippen LogP contribution in [-0.4, -0.2) is 27.1 Å². The molecule has 0 saturated carbocycles. The van der Waals surface area contributed by atoms with Gasteiger partial charge in [0.25, 0.3) is 10.0 Å². The minimum absolute atomic E-state index is 0.0972. The van der Waals surface area contributed by atoms with Crippen molar-refractivity contribution in [2.45, 2.75) is 17.5 Å². The molecule has 2 aliphatic heterocycles. The fraction of sp³-hybridized carbons (Fsp3) is 0.222. The maximum absolute atomic E-state index is 13.5. The van der Waals surface area contributed by atoms with Gasteiger partial charge in [-0.25, -0.2) is 8.42 Å². The van der Waals surface area contributed by atoms with Crippen LogP contribution in [0.15, 0.2) is 41.6 Å². The molecule has 3 heterocycles. The standard InChI is InChI=1S/C18H15ClN4O3S/c1-26-18-12-3-2-4-16(17(12)13(19)10-22-18)27(24,25)23-6-5-14-15(23)7-11(8-20)9-21-14/h2-4,7,9-10,18,22H,5-6H2,1H3. The van der Waals surface area contributed by atoms with Crippen molar-refractivity contribution in [1.29, 1.82) is 5.26 Å². The zero-order valence-corrected chi connectivity index (χ0v) is 15.9. The molecular formula is C18H15ClN4O3S.